The Balaban J connectivity index is 3.06. The van der Waals surface area contributed by atoms with Crippen LogP contribution in [0.4, 0.5) is 8.78 Å². The van der Waals surface area contributed by atoms with Crippen molar-refractivity contribution in [2.75, 3.05) is 0 Å². The number of hydrogen-bond acceptors (Lipinski definition) is 1. The van der Waals surface area contributed by atoms with E-state index in [0.29, 0.717) is 0 Å². The second-order valence-electron chi connectivity index (χ2n) is 1.92. The van der Waals surface area contributed by atoms with Gasteiger partial charge in [0.2, 0.25) is 0 Å². The molecule has 3 heteroatoms. The smallest absolute Gasteiger partial charge is 0.160 e. The molecule has 0 unspecified atom stereocenters. The molecule has 0 amide bonds. The highest BCUT2D eigenvalue weighted by Crippen LogP contribution is 2.20. The monoisotopic (exact) mass is 141 g/mol. The highest BCUT2D eigenvalue weighted by molar-refractivity contribution is 6.09. The predicted octanol–water partition coefficient (Wildman–Crippen LogP) is 2.28. The van der Waals surface area contributed by atoms with Crippen LogP contribution in [0.2, 0.25) is 0 Å². The zero-order valence-corrected chi connectivity index (χ0v) is 5.12. The summed E-state index contributed by atoms with van der Waals surface area (Å²) in [6.45, 7) is 3.33. The standard InChI is InChI=1S/C7H5F2N/c1-4-2-5(8)6(9)3-7(4)10/h2-3,10H,1H2. The summed E-state index contributed by atoms with van der Waals surface area (Å²) in [6.07, 6.45) is 1.70. The van der Waals surface area contributed by atoms with Crippen LogP contribution in [-0.4, -0.2) is 5.71 Å². The third-order valence-corrected chi connectivity index (χ3v) is 1.15. The molecule has 0 aromatic heterocycles. The van der Waals surface area contributed by atoms with Crippen LogP contribution in [0.15, 0.2) is 36.0 Å². The summed E-state index contributed by atoms with van der Waals surface area (Å²) in [6, 6.07) is 0. The van der Waals surface area contributed by atoms with Gasteiger partial charge in [-0.3, -0.25) is 0 Å². The maximum Gasteiger partial charge on any atom is 0.160 e. The average molecular weight is 141 g/mol. The van der Waals surface area contributed by atoms with E-state index in [4.69, 9.17) is 5.41 Å². The third-order valence-electron chi connectivity index (χ3n) is 1.15. The maximum absolute atomic E-state index is 12.3. The lowest BCUT2D eigenvalue weighted by Crippen LogP contribution is -2.00. The van der Waals surface area contributed by atoms with Crippen molar-refractivity contribution in [1.82, 2.24) is 0 Å². The predicted molar refractivity (Wildman–Crippen MR) is 35.2 cm³/mol. The van der Waals surface area contributed by atoms with Crippen LogP contribution < -0.4 is 0 Å². The first-order valence-corrected chi connectivity index (χ1v) is 2.64. The molecule has 10 heavy (non-hydrogen) atoms. The lowest BCUT2D eigenvalue weighted by atomic mass is 10.1. The Morgan fingerprint density at radius 3 is 2.20 bits per heavy atom. The van der Waals surface area contributed by atoms with Crippen molar-refractivity contribution in [2.24, 2.45) is 0 Å². The van der Waals surface area contributed by atoms with Crippen LogP contribution in [0.5, 0.6) is 0 Å². The van der Waals surface area contributed by atoms with E-state index < -0.39 is 11.7 Å². The fraction of sp³-hybridized carbons (Fsp3) is 0. The number of hydrogen-bond donors (Lipinski definition) is 1. The van der Waals surface area contributed by atoms with Crippen LogP contribution in [-0.2, 0) is 0 Å². The summed E-state index contributed by atoms with van der Waals surface area (Å²) in [7, 11) is 0. The van der Waals surface area contributed by atoms with Crippen LogP contribution in [0, 0.1) is 5.41 Å². The van der Waals surface area contributed by atoms with E-state index in [0.717, 1.165) is 12.2 Å². The molecular weight excluding hydrogens is 136 g/mol. The molecular formula is C7H5F2N. The van der Waals surface area contributed by atoms with Crippen molar-refractivity contribution >= 4 is 5.71 Å². The van der Waals surface area contributed by atoms with Gasteiger partial charge in [0.25, 0.3) is 0 Å². The Morgan fingerprint density at radius 2 is 1.70 bits per heavy atom. The Kier molecular flexibility index (Phi) is 1.49. The summed E-state index contributed by atoms with van der Waals surface area (Å²) >= 11 is 0. The molecule has 0 aliphatic heterocycles. The highest BCUT2D eigenvalue weighted by atomic mass is 19.2. The third kappa shape index (κ3) is 1.03. The molecule has 0 heterocycles. The van der Waals surface area contributed by atoms with Crippen molar-refractivity contribution in [2.45, 2.75) is 0 Å². The fourth-order valence-electron chi connectivity index (χ4n) is 0.588. The summed E-state index contributed by atoms with van der Waals surface area (Å²) < 4.78 is 24.5. The fourth-order valence-corrected chi connectivity index (χ4v) is 0.588. The van der Waals surface area contributed by atoms with Crippen LogP contribution >= 0.6 is 0 Å². The summed E-state index contributed by atoms with van der Waals surface area (Å²) in [5.41, 5.74) is 0.109. The molecule has 0 bridgehead atoms. The Hall–Kier alpha value is -1.25. The molecule has 1 rings (SSSR count). The molecule has 1 aliphatic carbocycles. The summed E-state index contributed by atoms with van der Waals surface area (Å²) in [5.74, 6) is -1.96. The molecule has 0 saturated heterocycles. The Morgan fingerprint density at radius 1 is 1.20 bits per heavy atom. The molecule has 0 spiro atoms. The molecule has 0 aromatic carbocycles. The topological polar surface area (TPSA) is 23.9 Å². The molecule has 1 aliphatic rings. The molecule has 0 saturated carbocycles. The summed E-state index contributed by atoms with van der Waals surface area (Å²) in [5, 5.41) is 6.99. The van der Waals surface area contributed by atoms with Crippen molar-refractivity contribution in [3.05, 3.63) is 36.0 Å². The molecule has 1 N–H and O–H groups in total. The van der Waals surface area contributed by atoms with E-state index in [-0.39, 0.29) is 11.3 Å². The zero-order chi connectivity index (χ0) is 7.72. The zero-order valence-electron chi connectivity index (χ0n) is 5.12. The second kappa shape index (κ2) is 2.17. The number of rotatable bonds is 0. The molecule has 1 nitrogen and oxygen atoms in total. The second-order valence-corrected chi connectivity index (χ2v) is 1.92. The number of nitrogens with one attached hydrogen (secondary N) is 1. The van der Waals surface area contributed by atoms with E-state index in [1.807, 2.05) is 0 Å². The van der Waals surface area contributed by atoms with E-state index >= 15 is 0 Å². The van der Waals surface area contributed by atoms with E-state index in [1.54, 1.807) is 0 Å². The van der Waals surface area contributed by atoms with Gasteiger partial charge in [0.15, 0.2) is 11.7 Å². The first-order chi connectivity index (χ1) is 4.61. The van der Waals surface area contributed by atoms with Crippen molar-refractivity contribution in [3.63, 3.8) is 0 Å². The van der Waals surface area contributed by atoms with Gasteiger partial charge in [0.05, 0.1) is 5.71 Å². The van der Waals surface area contributed by atoms with Crippen LogP contribution in [0.1, 0.15) is 0 Å². The van der Waals surface area contributed by atoms with E-state index in [9.17, 15) is 8.78 Å². The highest BCUT2D eigenvalue weighted by Gasteiger charge is 2.12. The minimum Gasteiger partial charge on any atom is -0.300 e. The normalized spacial score (nSPS) is 18.6. The largest absolute Gasteiger partial charge is 0.300 e. The summed E-state index contributed by atoms with van der Waals surface area (Å²) in [4.78, 5) is 0. The molecule has 0 aromatic rings. The number of halogens is 2. The first kappa shape index (κ1) is 6.86. The van der Waals surface area contributed by atoms with Gasteiger partial charge in [0.1, 0.15) is 0 Å². The maximum atomic E-state index is 12.3. The molecule has 52 valence electrons. The van der Waals surface area contributed by atoms with Crippen molar-refractivity contribution in [1.29, 1.82) is 5.41 Å². The Bertz CT molecular complexity index is 233. The van der Waals surface area contributed by atoms with Gasteiger partial charge in [-0.25, -0.2) is 8.78 Å². The van der Waals surface area contributed by atoms with E-state index in [1.165, 1.54) is 0 Å². The SMILES string of the molecule is C=C1C=C(F)C(F)=CC1=N. The molecule has 0 fully saturated rings. The molecule has 0 radical (unpaired) electrons. The van der Waals surface area contributed by atoms with Gasteiger partial charge >= 0.3 is 0 Å². The van der Waals surface area contributed by atoms with Gasteiger partial charge in [0, 0.05) is 6.08 Å². The van der Waals surface area contributed by atoms with E-state index in [2.05, 4.69) is 6.58 Å². The Labute approximate surface area is 56.9 Å². The minimum atomic E-state index is -1.00. The van der Waals surface area contributed by atoms with Crippen molar-refractivity contribution in [3.8, 4) is 0 Å². The average Bonchev–Trinajstić information content (AvgIpc) is 1.84. The minimum absolute atomic E-state index is 0.0844. The quantitative estimate of drug-likeness (QED) is 0.535. The van der Waals surface area contributed by atoms with Crippen LogP contribution in [0.3, 0.4) is 0 Å². The first-order valence-electron chi connectivity index (χ1n) is 2.64. The van der Waals surface area contributed by atoms with Gasteiger partial charge in [-0.05, 0) is 11.6 Å². The number of allylic oxidation sites excluding steroid dienone is 5. The lowest BCUT2D eigenvalue weighted by Gasteiger charge is -2.03. The van der Waals surface area contributed by atoms with Crippen LogP contribution in [0.25, 0.3) is 0 Å². The van der Waals surface area contributed by atoms with Crippen molar-refractivity contribution < 1.29 is 8.78 Å². The van der Waals surface area contributed by atoms with Gasteiger partial charge < -0.3 is 5.41 Å². The van der Waals surface area contributed by atoms with Gasteiger partial charge in [-0.15, -0.1) is 0 Å². The molecule has 0 atom stereocenters. The van der Waals surface area contributed by atoms with Gasteiger partial charge in [-0.2, -0.15) is 0 Å². The van der Waals surface area contributed by atoms with Gasteiger partial charge in [-0.1, -0.05) is 6.58 Å². The lowest BCUT2D eigenvalue weighted by molar-refractivity contribution is 0.544.